The van der Waals surface area contributed by atoms with Gasteiger partial charge in [-0.3, -0.25) is 9.67 Å². The van der Waals surface area contributed by atoms with Gasteiger partial charge < -0.3 is 0 Å². The molecule has 0 saturated heterocycles. The van der Waals surface area contributed by atoms with E-state index in [0.717, 1.165) is 22.1 Å². The van der Waals surface area contributed by atoms with Gasteiger partial charge in [0, 0.05) is 23.3 Å². The highest BCUT2D eigenvalue weighted by atomic mass is 32.1. The van der Waals surface area contributed by atoms with E-state index in [-0.39, 0.29) is 5.82 Å². The zero-order valence-corrected chi connectivity index (χ0v) is 13.4. The molecule has 0 amide bonds. The van der Waals surface area contributed by atoms with Crippen LogP contribution in [0.25, 0.3) is 22.1 Å². The lowest BCUT2D eigenvalue weighted by atomic mass is 10.2. The Balaban J connectivity index is 1.80. The van der Waals surface area contributed by atoms with Crippen LogP contribution in [0.3, 0.4) is 0 Å². The summed E-state index contributed by atoms with van der Waals surface area (Å²) in [6.07, 6.45) is 3.48. The summed E-state index contributed by atoms with van der Waals surface area (Å²) in [7, 11) is 0. The van der Waals surface area contributed by atoms with Gasteiger partial charge in [-0.05, 0) is 24.3 Å². The van der Waals surface area contributed by atoms with Crippen LogP contribution in [0.1, 0.15) is 5.56 Å². The van der Waals surface area contributed by atoms with E-state index in [1.165, 1.54) is 17.4 Å². The van der Waals surface area contributed by atoms with Gasteiger partial charge in [0.2, 0.25) is 0 Å². The van der Waals surface area contributed by atoms with Crippen molar-refractivity contribution in [2.24, 2.45) is 0 Å². The van der Waals surface area contributed by atoms with Crippen LogP contribution in [-0.2, 0) is 6.54 Å². The predicted molar refractivity (Wildman–Crippen MR) is 92.1 cm³/mol. The number of thiazole rings is 1. The molecule has 3 aromatic heterocycles. The molecule has 4 nitrogen and oxygen atoms in total. The lowest BCUT2D eigenvalue weighted by Crippen LogP contribution is -2.05. The van der Waals surface area contributed by atoms with Crippen LogP contribution >= 0.6 is 11.3 Å². The van der Waals surface area contributed by atoms with E-state index in [9.17, 15) is 4.39 Å². The Bertz CT molecular complexity index is 948. The molecule has 0 atom stereocenters. The summed E-state index contributed by atoms with van der Waals surface area (Å²) in [6, 6.07) is 14.4. The standard InChI is InChI=1S/C18H13FN4S/c19-14-6-2-1-5-13(14)12-23-17(18-21-9-10-24-18)11-16(22-23)15-7-3-4-8-20-15/h1-11H,12H2. The van der Waals surface area contributed by atoms with Crippen LogP contribution in [0.4, 0.5) is 4.39 Å². The lowest BCUT2D eigenvalue weighted by molar-refractivity contribution is 0.587. The Labute approximate surface area is 142 Å². The van der Waals surface area contributed by atoms with Crippen LogP contribution in [0.5, 0.6) is 0 Å². The largest absolute Gasteiger partial charge is 0.257 e. The Hall–Kier alpha value is -2.86. The van der Waals surface area contributed by atoms with Crippen molar-refractivity contribution in [3.05, 3.63) is 77.7 Å². The fourth-order valence-corrected chi connectivity index (χ4v) is 3.14. The van der Waals surface area contributed by atoms with E-state index in [1.807, 2.05) is 35.7 Å². The molecule has 0 spiro atoms. The van der Waals surface area contributed by atoms with Crippen LogP contribution < -0.4 is 0 Å². The molecule has 0 fully saturated rings. The molecule has 6 heteroatoms. The molecule has 0 aliphatic rings. The molecule has 1 aromatic carbocycles. The Morgan fingerprint density at radius 2 is 1.83 bits per heavy atom. The van der Waals surface area contributed by atoms with E-state index in [1.54, 1.807) is 29.2 Å². The first-order chi connectivity index (χ1) is 11.8. The molecule has 0 aliphatic carbocycles. The summed E-state index contributed by atoms with van der Waals surface area (Å²) in [6.45, 7) is 0.342. The SMILES string of the molecule is Fc1ccccc1Cn1nc(-c2ccccn2)cc1-c1nccs1. The third-order valence-corrected chi connectivity index (χ3v) is 4.43. The van der Waals surface area contributed by atoms with Crippen molar-refractivity contribution in [2.75, 3.05) is 0 Å². The van der Waals surface area contributed by atoms with Crippen molar-refractivity contribution in [1.29, 1.82) is 0 Å². The maximum atomic E-state index is 14.0. The van der Waals surface area contributed by atoms with Crippen LogP contribution in [0.15, 0.2) is 66.3 Å². The number of pyridine rings is 1. The topological polar surface area (TPSA) is 43.6 Å². The molecule has 0 bridgehead atoms. The van der Waals surface area contributed by atoms with E-state index < -0.39 is 0 Å². The third-order valence-electron chi connectivity index (χ3n) is 3.64. The summed E-state index contributed by atoms with van der Waals surface area (Å²) >= 11 is 1.53. The number of halogens is 1. The van der Waals surface area contributed by atoms with Gasteiger partial charge in [-0.1, -0.05) is 24.3 Å². The first-order valence-electron chi connectivity index (χ1n) is 7.44. The zero-order chi connectivity index (χ0) is 16.4. The summed E-state index contributed by atoms with van der Waals surface area (Å²) in [4.78, 5) is 8.70. The zero-order valence-electron chi connectivity index (χ0n) is 12.6. The van der Waals surface area contributed by atoms with Gasteiger partial charge in [0.05, 0.1) is 17.9 Å². The minimum atomic E-state index is -0.238. The van der Waals surface area contributed by atoms with E-state index in [0.29, 0.717) is 12.1 Å². The molecule has 4 rings (SSSR count). The number of benzene rings is 1. The van der Waals surface area contributed by atoms with Gasteiger partial charge in [-0.2, -0.15) is 5.10 Å². The monoisotopic (exact) mass is 336 g/mol. The van der Waals surface area contributed by atoms with Gasteiger partial charge in [0.25, 0.3) is 0 Å². The number of rotatable bonds is 4. The Morgan fingerprint density at radius 3 is 2.58 bits per heavy atom. The maximum absolute atomic E-state index is 14.0. The first-order valence-corrected chi connectivity index (χ1v) is 8.32. The van der Waals surface area contributed by atoms with E-state index in [2.05, 4.69) is 15.1 Å². The minimum absolute atomic E-state index is 0.238. The predicted octanol–water partition coefficient (Wildman–Crippen LogP) is 4.26. The van der Waals surface area contributed by atoms with Gasteiger partial charge >= 0.3 is 0 Å². The Morgan fingerprint density at radius 1 is 0.958 bits per heavy atom. The molecular weight excluding hydrogens is 323 g/mol. The Kier molecular flexibility index (Phi) is 3.88. The number of hydrogen-bond acceptors (Lipinski definition) is 4. The quantitative estimate of drug-likeness (QED) is 0.559. The molecule has 0 unspecified atom stereocenters. The van der Waals surface area contributed by atoms with Gasteiger partial charge in [-0.25, -0.2) is 9.37 Å². The van der Waals surface area contributed by atoms with Crippen molar-refractivity contribution >= 4 is 11.3 Å². The highest BCUT2D eigenvalue weighted by Gasteiger charge is 2.15. The fraction of sp³-hybridized carbons (Fsp3) is 0.0556. The summed E-state index contributed by atoms with van der Waals surface area (Å²) in [5.41, 5.74) is 2.97. The van der Waals surface area contributed by atoms with Crippen LogP contribution in [0, 0.1) is 5.82 Å². The maximum Gasteiger partial charge on any atom is 0.141 e. The average Bonchev–Trinajstić information content (AvgIpc) is 3.27. The molecule has 118 valence electrons. The molecule has 3 heterocycles. The van der Waals surface area contributed by atoms with Crippen molar-refractivity contribution in [3.8, 4) is 22.1 Å². The number of aromatic nitrogens is 4. The second kappa shape index (κ2) is 6.33. The normalized spacial score (nSPS) is 10.9. The highest BCUT2D eigenvalue weighted by Crippen LogP contribution is 2.27. The van der Waals surface area contributed by atoms with E-state index in [4.69, 9.17) is 0 Å². The van der Waals surface area contributed by atoms with Crippen molar-refractivity contribution in [1.82, 2.24) is 19.7 Å². The molecular formula is C18H13FN4S. The lowest BCUT2D eigenvalue weighted by Gasteiger charge is -2.06. The van der Waals surface area contributed by atoms with Gasteiger partial charge in [-0.15, -0.1) is 11.3 Å². The number of nitrogens with zero attached hydrogens (tertiary/aromatic N) is 4. The second-order valence-corrected chi connectivity index (χ2v) is 6.11. The molecule has 4 aromatic rings. The minimum Gasteiger partial charge on any atom is -0.257 e. The molecule has 0 aliphatic heterocycles. The smallest absolute Gasteiger partial charge is 0.141 e. The third kappa shape index (κ3) is 2.83. The summed E-state index contributed by atoms with van der Waals surface area (Å²) in [5, 5.41) is 7.39. The van der Waals surface area contributed by atoms with Crippen LogP contribution in [0.2, 0.25) is 0 Å². The van der Waals surface area contributed by atoms with Gasteiger partial charge in [0.15, 0.2) is 0 Å². The van der Waals surface area contributed by atoms with E-state index >= 15 is 0 Å². The van der Waals surface area contributed by atoms with Crippen molar-refractivity contribution in [3.63, 3.8) is 0 Å². The fourth-order valence-electron chi connectivity index (χ4n) is 2.49. The first kappa shape index (κ1) is 14.7. The second-order valence-electron chi connectivity index (χ2n) is 5.22. The average molecular weight is 336 g/mol. The van der Waals surface area contributed by atoms with Gasteiger partial charge in [0.1, 0.15) is 16.5 Å². The highest BCUT2D eigenvalue weighted by molar-refractivity contribution is 7.13. The molecule has 0 radical (unpaired) electrons. The molecule has 0 saturated carbocycles. The molecule has 0 N–H and O–H groups in total. The van der Waals surface area contributed by atoms with Crippen molar-refractivity contribution < 1.29 is 4.39 Å². The number of hydrogen-bond donors (Lipinski definition) is 0. The summed E-state index contributed by atoms with van der Waals surface area (Å²) in [5.74, 6) is -0.238. The summed E-state index contributed by atoms with van der Waals surface area (Å²) < 4.78 is 15.8. The van der Waals surface area contributed by atoms with Crippen molar-refractivity contribution in [2.45, 2.75) is 6.54 Å². The van der Waals surface area contributed by atoms with Crippen LogP contribution in [-0.4, -0.2) is 19.7 Å². The molecule has 24 heavy (non-hydrogen) atoms.